The first-order valence-corrected chi connectivity index (χ1v) is 9.60. The van der Waals surface area contributed by atoms with E-state index in [0.29, 0.717) is 27.3 Å². The lowest BCUT2D eigenvalue weighted by Gasteiger charge is -2.09. The molecule has 2 N–H and O–H groups in total. The number of anilines is 1. The molecule has 2 heterocycles. The van der Waals surface area contributed by atoms with E-state index in [1.165, 1.54) is 0 Å². The van der Waals surface area contributed by atoms with E-state index in [-0.39, 0.29) is 10.4 Å². The summed E-state index contributed by atoms with van der Waals surface area (Å²) in [6.45, 7) is 4.76. The van der Waals surface area contributed by atoms with Crippen LogP contribution < -0.4 is 10.9 Å². The summed E-state index contributed by atoms with van der Waals surface area (Å²) in [5.41, 5.74) is 1.72. The van der Waals surface area contributed by atoms with Gasteiger partial charge in [-0.1, -0.05) is 15.9 Å². The third-order valence-electron chi connectivity index (χ3n) is 3.90. The molecule has 0 aliphatic rings. The fraction of sp³-hybridized carbons (Fsp3) is 0.222. The van der Waals surface area contributed by atoms with E-state index in [9.17, 15) is 14.4 Å². The number of nitrogens with zero attached hydrogens (tertiary/aromatic N) is 1. The smallest absolute Gasteiger partial charge is 0.349 e. The van der Waals surface area contributed by atoms with E-state index in [1.807, 2.05) is 19.1 Å². The second kappa shape index (κ2) is 7.61. The minimum Gasteiger partial charge on any atom is -0.451 e. The number of aromatic nitrogens is 2. The molecule has 0 unspecified atom stereocenters. The minimum absolute atomic E-state index is 0.265. The highest BCUT2D eigenvalue weighted by molar-refractivity contribution is 9.10. The number of amides is 1. The summed E-state index contributed by atoms with van der Waals surface area (Å²) in [5, 5.41) is 3.07. The van der Waals surface area contributed by atoms with Crippen LogP contribution in [-0.2, 0) is 9.53 Å². The molecule has 140 valence electrons. The summed E-state index contributed by atoms with van der Waals surface area (Å²) in [6, 6.07) is 5.44. The number of carbonyl (C=O) groups is 2. The Morgan fingerprint density at radius 1 is 1.30 bits per heavy atom. The Labute approximate surface area is 166 Å². The van der Waals surface area contributed by atoms with E-state index in [0.717, 1.165) is 21.4 Å². The van der Waals surface area contributed by atoms with Crippen molar-refractivity contribution in [2.75, 3.05) is 11.9 Å². The zero-order valence-corrected chi connectivity index (χ0v) is 17.2. The average molecular weight is 450 g/mol. The van der Waals surface area contributed by atoms with Gasteiger partial charge in [-0.25, -0.2) is 9.78 Å². The number of benzene rings is 1. The number of aromatic amines is 1. The molecule has 3 aromatic rings. The van der Waals surface area contributed by atoms with Crippen molar-refractivity contribution in [2.24, 2.45) is 0 Å². The van der Waals surface area contributed by atoms with Gasteiger partial charge in [0.15, 0.2) is 6.61 Å². The first-order valence-electron chi connectivity index (χ1n) is 7.99. The van der Waals surface area contributed by atoms with Crippen LogP contribution in [0.15, 0.2) is 27.5 Å². The summed E-state index contributed by atoms with van der Waals surface area (Å²) in [5.74, 6) is -0.632. The number of ether oxygens (including phenoxy) is 1. The molecule has 0 spiro atoms. The molecule has 0 saturated heterocycles. The normalized spacial score (nSPS) is 10.8. The lowest BCUT2D eigenvalue weighted by molar-refractivity contribution is -0.119. The van der Waals surface area contributed by atoms with Gasteiger partial charge in [0.05, 0.1) is 5.39 Å². The maximum Gasteiger partial charge on any atom is 0.349 e. The van der Waals surface area contributed by atoms with Gasteiger partial charge in [0.1, 0.15) is 15.5 Å². The zero-order chi connectivity index (χ0) is 19.7. The molecule has 7 nitrogen and oxygen atoms in total. The number of aryl methyl sites for hydroxylation is 3. The first kappa shape index (κ1) is 19.2. The molecule has 0 aliphatic carbocycles. The molecule has 0 fully saturated rings. The van der Waals surface area contributed by atoms with Crippen LogP contribution >= 0.6 is 27.3 Å². The standard InChI is InChI=1S/C18H16BrN3O4S/c1-8-6-11(19)4-5-12(8)22-13(23)7-26-18(25)15-9(2)14-16(24)20-10(3)21-17(14)27-15/h4-6H,7H2,1-3H3,(H,22,23)(H,20,21,24). The molecular weight excluding hydrogens is 434 g/mol. The Hall–Kier alpha value is -2.52. The number of esters is 1. The Kier molecular flexibility index (Phi) is 5.43. The van der Waals surface area contributed by atoms with Crippen LogP contribution in [0.2, 0.25) is 0 Å². The van der Waals surface area contributed by atoms with Gasteiger partial charge in [0.2, 0.25) is 0 Å². The predicted molar refractivity (Wildman–Crippen MR) is 108 cm³/mol. The minimum atomic E-state index is -0.657. The van der Waals surface area contributed by atoms with Crippen LogP contribution in [0.5, 0.6) is 0 Å². The Balaban J connectivity index is 1.71. The number of rotatable bonds is 4. The number of fused-ring (bicyclic) bond motifs is 1. The molecule has 1 aromatic carbocycles. The summed E-state index contributed by atoms with van der Waals surface area (Å²) in [7, 11) is 0. The molecule has 9 heteroatoms. The third kappa shape index (κ3) is 4.09. The van der Waals surface area contributed by atoms with Gasteiger partial charge in [-0.2, -0.15) is 0 Å². The molecule has 27 heavy (non-hydrogen) atoms. The van der Waals surface area contributed by atoms with Crippen molar-refractivity contribution in [1.29, 1.82) is 0 Å². The van der Waals surface area contributed by atoms with E-state index in [4.69, 9.17) is 4.74 Å². The summed E-state index contributed by atoms with van der Waals surface area (Å²) >= 11 is 4.44. The monoisotopic (exact) mass is 449 g/mol. The second-order valence-corrected chi connectivity index (χ2v) is 7.89. The summed E-state index contributed by atoms with van der Waals surface area (Å²) < 4.78 is 6.02. The summed E-state index contributed by atoms with van der Waals surface area (Å²) in [6.07, 6.45) is 0. The van der Waals surface area contributed by atoms with Crippen LogP contribution in [0.4, 0.5) is 5.69 Å². The summed E-state index contributed by atoms with van der Waals surface area (Å²) in [4.78, 5) is 44.1. The van der Waals surface area contributed by atoms with Gasteiger partial charge in [-0.05, 0) is 50.1 Å². The molecule has 0 saturated carbocycles. The van der Waals surface area contributed by atoms with E-state index >= 15 is 0 Å². The van der Waals surface area contributed by atoms with Gasteiger partial charge >= 0.3 is 5.97 Å². The van der Waals surface area contributed by atoms with E-state index < -0.39 is 18.5 Å². The van der Waals surface area contributed by atoms with Gasteiger partial charge in [-0.15, -0.1) is 11.3 Å². The topological polar surface area (TPSA) is 101 Å². The fourth-order valence-corrected chi connectivity index (χ4v) is 4.19. The molecule has 2 aromatic heterocycles. The first-order chi connectivity index (χ1) is 12.8. The average Bonchev–Trinajstić information content (AvgIpc) is 2.92. The number of hydrogen-bond acceptors (Lipinski definition) is 6. The maximum absolute atomic E-state index is 12.4. The number of carbonyl (C=O) groups excluding carboxylic acids is 2. The largest absolute Gasteiger partial charge is 0.451 e. The van der Waals surface area contributed by atoms with Crippen molar-refractivity contribution in [2.45, 2.75) is 20.8 Å². The van der Waals surface area contributed by atoms with Crippen LogP contribution in [0.25, 0.3) is 10.2 Å². The third-order valence-corrected chi connectivity index (χ3v) is 5.56. The van der Waals surface area contributed by atoms with Gasteiger partial charge in [0, 0.05) is 10.2 Å². The van der Waals surface area contributed by atoms with Crippen molar-refractivity contribution >= 4 is 55.0 Å². The highest BCUT2D eigenvalue weighted by Crippen LogP contribution is 2.27. The van der Waals surface area contributed by atoms with Gasteiger partial charge in [0.25, 0.3) is 11.5 Å². The molecular formula is C18H16BrN3O4S. The van der Waals surface area contributed by atoms with Crippen molar-refractivity contribution in [3.63, 3.8) is 0 Å². The quantitative estimate of drug-likeness (QED) is 0.593. The van der Waals surface area contributed by atoms with Crippen molar-refractivity contribution in [3.05, 3.63) is 54.9 Å². The second-order valence-electron chi connectivity index (χ2n) is 5.97. The van der Waals surface area contributed by atoms with Crippen LogP contribution in [-0.4, -0.2) is 28.5 Å². The number of nitrogens with one attached hydrogen (secondary N) is 2. The Bertz CT molecular complexity index is 1120. The number of hydrogen-bond donors (Lipinski definition) is 2. The van der Waals surface area contributed by atoms with Crippen molar-refractivity contribution < 1.29 is 14.3 Å². The van der Waals surface area contributed by atoms with Gasteiger partial charge < -0.3 is 15.0 Å². The molecule has 0 atom stereocenters. The van der Waals surface area contributed by atoms with Crippen LogP contribution in [0, 0.1) is 20.8 Å². The van der Waals surface area contributed by atoms with Crippen molar-refractivity contribution in [1.82, 2.24) is 9.97 Å². The number of H-pyrrole nitrogens is 1. The molecule has 3 rings (SSSR count). The highest BCUT2D eigenvalue weighted by Gasteiger charge is 2.21. The molecule has 0 bridgehead atoms. The highest BCUT2D eigenvalue weighted by atomic mass is 79.9. The lowest BCUT2D eigenvalue weighted by atomic mass is 10.2. The number of thiophene rings is 1. The Morgan fingerprint density at radius 2 is 2.04 bits per heavy atom. The maximum atomic E-state index is 12.4. The number of halogens is 1. The van der Waals surface area contributed by atoms with E-state index in [2.05, 4.69) is 31.2 Å². The fourth-order valence-electron chi connectivity index (χ4n) is 2.60. The predicted octanol–water partition coefficient (Wildman–Crippen LogP) is 3.47. The molecule has 1 amide bonds. The molecule has 0 aliphatic heterocycles. The lowest BCUT2D eigenvalue weighted by Crippen LogP contribution is -2.21. The van der Waals surface area contributed by atoms with Crippen LogP contribution in [0.3, 0.4) is 0 Å². The van der Waals surface area contributed by atoms with E-state index in [1.54, 1.807) is 19.9 Å². The Morgan fingerprint density at radius 3 is 2.74 bits per heavy atom. The van der Waals surface area contributed by atoms with Gasteiger partial charge in [-0.3, -0.25) is 9.59 Å². The SMILES string of the molecule is Cc1nc2sc(C(=O)OCC(=O)Nc3ccc(Br)cc3C)c(C)c2c(=O)[nH]1. The zero-order valence-electron chi connectivity index (χ0n) is 14.8. The van der Waals surface area contributed by atoms with Crippen molar-refractivity contribution in [3.8, 4) is 0 Å². The van der Waals surface area contributed by atoms with Crippen LogP contribution in [0.1, 0.15) is 26.6 Å². The molecule has 0 radical (unpaired) electrons.